The van der Waals surface area contributed by atoms with Gasteiger partial charge in [-0.1, -0.05) is 28.1 Å². The maximum atomic E-state index is 11.8. The molecule has 1 amide bonds. The van der Waals surface area contributed by atoms with Crippen molar-refractivity contribution in [2.75, 3.05) is 13.2 Å². The average molecular weight is 433 g/mol. The van der Waals surface area contributed by atoms with Crippen molar-refractivity contribution in [3.8, 4) is 11.5 Å². The molecule has 0 atom stereocenters. The summed E-state index contributed by atoms with van der Waals surface area (Å²) in [6.07, 6.45) is 1.73. The molecule has 0 unspecified atom stereocenters. The molecule has 26 heavy (non-hydrogen) atoms. The van der Waals surface area contributed by atoms with Crippen LogP contribution in [0.3, 0.4) is 0 Å². The summed E-state index contributed by atoms with van der Waals surface area (Å²) in [7, 11) is 0. The highest BCUT2D eigenvalue weighted by atomic mass is 79.9. The van der Waals surface area contributed by atoms with Gasteiger partial charge in [-0.3, -0.25) is 4.79 Å². The van der Waals surface area contributed by atoms with Crippen LogP contribution in [0.2, 0.25) is 0 Å². The van der Waals surface area contributed by atoms with E-state index in [4.69, 9.17) is 15.2 Å². The molecule has 0 bridgehead atoms. The van der Waals surface area contributed by atoms with Gasteiger partial charge in [-0.2, -0.15) is 4.99 Å². The van der Waals surface area contributed by atoms with E-state index in [0.717, 1.165) is 33.1 Å². The Hall–Kier alpha value is -2.25. The van der Waals surface area contributed by atoms with Gasteiger partial charge in [0.25, 0.3) is 5.91 Å². The van der Waals surface area contributed by atoms with Crippen LogP contribution < -0.4 is 15.2 Å². The number of thioether (sulfide) groups is 1. The summed E-state index contributed by atoms with van der Waals surface area (Å²) in [5.74, 6) is 1.14. The average Bonchev–Trinajstić information content (AvgIpc) is 2.90. The van der Waals surface area contributed by atoms with E-state index in [1.165, 1.54) is 0 Å². The number of halogens is 1. The van der Waals surface area contributed by atoms with Crippen LogP contribution in [0, 0.1) is 6.92 Å². The van der Waals surface area contributed by atoms with Gasteiger partial charge in [-0.25, -0.2) is 0 Å². The summed E-state index contributed by atoms with van der Waals surface area (Å²) < 4.78 is 12.4. The summed E-state index contributed by atoms with van der Waals surface area (Å²) >= 11 is 4.59. The minimum Gasteiger partial charge on any atom is -0.490 e. The first kappa shape index (κ1) is 18.5. The molecule has 0 saturated heterocycles. The molecule has 1 aliphatic rings. The van der Waals surface area contributed by atoms with Gasteiger partial charge in [0.1, 0.15) is 24.7 Å². The minimum absolute atomic E-state index is 0.255. The maximum absolute atomic E-state index is 11.8. The second kappa shape index (κ2) is 8.42. The van der Waals surface area contributed by atoms with E-state index in [0.29, 0.717) is 23.9 Å². The largest absolute Gasteiger partial charge is 0.490 e. The Kier molecular flexibility index (Phi) is 6.00. The van der Waals surface area contributed by atoms with Crippen molar-refractivity contribution in [1.82, 2.24) is 0 Å². The van der Waals surface area contributed by atoms with Gasteiger partial charge in [-0.15, -0.1) is 0 Å². The molecule has 0 aromatic heterocycles. The first-order valence-corrected chi connectivity index (χ1v) is 9.52. The van der Waals surface area contributed by atoms with Crippen molar-refractivity contribution < 1.29 is 14.3 Å². The number of amidine groups is 1. The zero-order valence-electron chi connectivity index (χ0n) is 14.1. The molecule has 1 heterocycles. The number of nitrogens with two attached hydrogens (primary N) is 1. The Labute approximate surface area is 164 Å². The third kappa shape index (κ3) is 4.89. The predicted octanol–water partition coefficient (Wildman–Crippen LogP) is 4.14. The molecular formula is C19H17BrN2O3S. The van der Waals surface area contributed by atoms with Crippen molar-refractivity contribution in [2.45, 2.75) is 6.92 Å². The maximum Gasteiger partial charge on any atom is 0.286 e. The van der Waals surface area contributed by atoms with Crippen LogP contribution in [0.25, 0.3) is 6.08 Å². The van der Waals surface area contributed by atoms with Crippen molar-refractivity contribution >= 4 is 44.8 Å². The lowest BCUT2D eigenvalue weighted by molar-refractivity contribution is -0.113. The van der Waals surface area contributed by atoms with E-state index in [2.05, 4.69) is 20.9 Å². The molecular weight excluding hydrogens is 416 g/mol. The number of ether oxygens (including phenoxy) is 2. The van der Waals surface area contributed by atoms with Crippen molar-refractivity contribution in [3.05, 3.63) is 63.0 Å². The number of benzene rings is 2. The number of hydrogen-bond acceptors (Lipinski definition) is 5. The molecule has 2 aromatic carbocycles. The summed E-state index contributed by atoms with van der Waals surface area (Å²) in [6, 6.07) is 13.5. The van der Waals surface area contributed by atoms with E-state index in [-0.39, 0.29) is 11.1 Å². The SMILES string of the molecule is Cc1cccc(OCCOc2ccc(Br)cc2/C=C2/SC(N)=NC2=O)c1. The fourth-order valence-corrected chi connectivity index (χ4v) is 3.40. The van der Waals surface area contributed by atoms with E-state index in [1.807, 2.05) is 49.4 Å². The Morgan fingerprint density at radius 2 is 2.00 bits per heavy atom. The van der Waals surface area contributed by atoms with Crippen LogP contribution in [0.4, 0.5) is 0 Å². The van der Waals surface area contributed by atoms with E-state index < -0.39 is 0 Å². The second-order valence-corrected chi connectivity index (χ2v) is 7.54. The third-order valence-electron chi connectivity index (χ3n) is 3.49. The Morgan fingerprint density at radius 3 is 2.73 bits per heavy atom. The lowest BCUT2D eigenvalue weighted by Crippen LogP contribution is -2.09. The van der Waals surface area contributed by atoms with Crippen LogP contribution in [0.15, 0.2) is 56.8 Å². The number of rotatable bonds is 6. The molecule has 134 valence electrons. The van der Waals surface area contributed by atoms with Gasteiger partial charge < -0.3 is 15.2 Å². The van der Waals surface area contributed by atoms with Gasteiger partial charge in [0, 0.05) is 10.0 Å². The van der Waals surface area contributed by atoms with Crippen LogP contribution >= 0.6 is 27.7 Å². The second-order valence-electron chi connectivity index (χ2n) is 5.56. The highest BCUT2D eigenvalue weighted by Gasteiger charge is 2.20. The van der Waals surface area contributed by atoms with Crippen molar-refractivity contribution in [1.29, 1.82) is 0 Å². The highest BCUT2D eigenvalue weighted by Crippen LogP contribution is 2.31. The van der Waals surface area contributed by atoms with Crippen molar-refractivity contribution in [2.24, 2.45) is 10.7 Å². The summed E-state index contributed by atoms with van der Waals surface area (Å²) in [6.45, 7) is 2.81. The standard InChI is InChI=1S/C19H17BrN2O3S/c1-12-3-2-4-15(9-12)24-7-8-25-16-6-5-14(20)10-13(16)11-17-18(23)22-19(21)26-17/h2-6,9-11H,7-8H2,1H3,(H2,21,22,23)/b17-11+. The molecule has 5 nitrogen and oxygen atoms in total. The minimum atomic E-state index is -0.332. The number of nitrogens with zero attached hydrogens (tertiary/aromatic N) is 1. The lowest BCUT2D eigenvalue weighted by Gasteiger charge is -2.11. The zero-order valence-corrected chi connectivity index (χ0v) is 16.5. The number of hydrogen-bond donors (Lipinski definition) is 1. The van der Waals surface area contributed by atoms with Crippen molar-refractivity contribution in [3.63, 3.8) is 0 Å². The topological polar surface area (TPSA) is 73.9 Å². The van der Waals surface area contributed by atoms with Crippen LogP contribution in [0.5, 0.6) is 11.5 Å². The number of aliphatic imine (C=N–C) groups is 1. The van der Waals surface area contributed by atoms with Crippen LogP contribution in [-0.2, 0) is 4.79 Å². The molecule has 0 saturated carbocycles. The van der Waals surface area contributed by atoms with Gasteiger partial charge in [0.05, 0.1) is 4.91 Å². The van der Waals surface area contributed by atoms with E-state index in [9.17, 15) is 4.79 Å². The number of carbonyl (C=O) groups excluding carboxylic acids is 1. The van der Waals surface area contributed by atoms with Crippen LogP contribution in [-0.4, -0.2) is 24.3 Å². The fraction of sp³-hybridized carbons (Fsp3) is 0.158. The van der Waals surface area contributed by atoms with Gasteiger partial charge in [-0.05, 0) is 60.7 Å². The van der Waals surface area contributed by atoms with Gasteiger partial charge >= 0.3 is 0 Å². The quantitative estimate of drug-likeness (QED) is 0.548. The predicted molar refractivity (Wildman–Crippen MR) is 109 cm³/mol. The molecule has 7 heteroatoms. The smallest absolute Gasteiger partial charge is 0.286 e. The molecule has 1 aliphatic heterocycles. The molecule has 2 aromatic rings. The summed E-state index contributed by atoms with van der Waals surface area (Å²) in [4.78, 5) is 16.0. The molecule has 3 rings (SSSR count). The normalized spacial score (nSPS) is 15.2. The van der Waals surface area contributed by atoms with E-state index in [1.54, 1.807) is 6.08 Å². The first-order chi connectivity index (χ1) is 12.5. The number of amides is 1. The molecule has 0 aliphatic carbocycles. The number of aryl methyl sites for hydroxylation is 1. The monoisotopic (exact) mass is 432 g/mol. The molecule has 2 N–H and O–H groups in total. The molecule has 0 radical (unpaired) electrons. The van der Waals surface area contributed by atoms with Crippen LogP contribution in [0.1, 0.15) is 11.1 Å². The fourth-order valence-electron chi connectivity index (χ4n) is 2.35. The Bertz CT molecular complexity index is 896. The Morgan fingerprint density at radius 1 is 1.19 bits per heavy atom. The van der Waals surface area contributed by atoms with Gasteiger partial charge in [0.2, 0.25) is 0 Å². The first-order valence-electron chi connectivity index (χ1n) is 7.91. The zero-order chi connectivity index (χ0) is 18.5. The van der Waals surface area contributed by atoms with Gasteiger partial charge in [0.15, 0.2) is 5.17 Å². The Balaban J connectivity index is 1.65. The highest BCUT2D eigenvalue weighted by molar-refractivity contribution is 9.10. The summed E-state index contributed by atoms with van der Waals surface area (Å²) in [5.41, 5.74) is 7.51. The molecule has 0 fully saturated rings. The lowest BCUT2D eigenvalue weighted by atomic mass is 10.2. The third-order valence-corrected chi connectivity index (χ3v) is 4.80. The molecule has 0 spiro atoms. The van der Waals surface area contributed by atoms with E-state index >= 15 is 0 Å². The number of carbonyl (C=O) groups is 1. The summed E-state index contributed by atoms with van der Waals surface area (Å²) in [5, 5.41) is 0.255.